The van der Waals surface area contributed by atoms with Crippen molar-refractivity contribution >= 4 is 22.6 Å². The summed E-state index contributed by atoms with van der Waals surface area (Å²) in [5.74, 6) is 0.151. The van der Waals surface area contributed by atoms with E-state index < -0.39 is 5.54 Å². The highest BCUT2D eigenvalue weighted by Crippen LogP contribution is 2.36. The molecule has 1 aromatic heterocycles. The Balaban J connectivity index is 1.22. The summed E-state index contributed by atoms with van der Waals surface area (Å²) in [6, 6.07) is 18.2. The highest BCUT2D eigenvalue weighted by molar-refractivity contribution is 5.93. The van der Waals surface area contributed by atoms with Gasteiger partial charge in [-0.1, -0.05) is 30.3 Å². The van der Waals surface area contributed by atoms with E-state index >= 15 is 0 Å². The number of nitrogens with one attached hydrogen (secondary N) is 1. The van der Waals surface area contributed by atoms with Gasteiger partial charge in [-0.15, -0.1) is 0 Å². The van der Waals surface area contributed by atoms with Crippen molar-refractivity contribution in [2.75, 3.05) is 31.2 Å². The number of imidazole rings is 1. The van der Waals surface area contributed by atoms with Gasteiger partial charge in [0.1, 0.15) is 5.54 Å². The number of amides is 1. The van der Waals surface area contributed by atoms with Crippen LogP contribution in [0.2, 0.25) is 0 Å². The fourth-order valence-corrected chi connectivity index (χ4v) is 5.21. The number of likely N-dealkylation sites (tertiary alicyclic amines) is 1. The van der Waals surface area contributed by atoms with Gasteiger partial charge in [-0.2, -0.15) is 0 Å². The maximum Gasteiger partial charge on any atom is 0.328 e. The van der Waals surface area contributed by atoms with Gasteiger partial charge in [0.15, 0.2) is 0 Å². The summed E-state index contributed by atoms with van der Waals surface area (Å²) in [5.41, 5.74) is 2.67. The molecular formula is C24H29N5O2. The maximum atomic E-state index is 12.8. The molecule has 1 amide bonds. The molecule has 2 aliphatic heterocycles. The van der Waals surface area contributed by atoms with Crippen LogP contribution in [-0.2, 0) is 18.4 Å². The van der Waals surface area contributed by atoms with Crippen LogP contribution < -0.4 is 15.9 Å². The smallest absolute Gasteiger partial charge is 0.328 e. The van der Waals surface area contributed by atoms with Gasteiger partial charge in [0.05, 0.1) is 17.7 Å². The molecule has 2 aliphatic rings. The molecule has 2 saturated heterocycles. The van der Waals surface area contributed by atoms with Crippen molar-refractivity contribution < 1.29 is 4.79 Å². The van der Waals surface area contributed by atoms with Crippen molar-refractivity contribution in [2.24, 2.45) is 7.05 Å². The Kier molecular flexibility index (Phi) is 5.06. The van der Waals surface area contributed by atoms with Crippen LogP contribution in [0.25, 0.3) is 11.0 Å². The highest BCUT2D eigenvalue weighted by Gasteiger charge is 2.50. The first-order chi connectivity index (χ1) is 15.1. The normalized spacial score (nSPS) is 18.7. The maximum absolute atomic E-state index is 12.8. The lowest BCUT2D eigenvalue weighted by Crippen LogP contribution is -2.56. The zero-order valence-corrected chi connectivity index (χ0v) is 18.0. The Morgan fingerprint density at radius 2 is 1.58 bits per heavy atom. The third kappa shape index (κ3) is 3.33. The number of aromatic nitrogens is 2. The molecule has 7 nitrogen and oxygen atoms in total. The molecule has 2 fully saturated rings. The Morgan fingerprint density at radius 1 is 0.903 bits per heavy atom. The lowest BCUT2D eigenvalue weighted by atomic mass is 9.85. The molecule has 3 heterocycles. The number of rotatable bonds is 5. The number of para-hydroxylation sites is 3. The van der Waals surface area contributed by atoms with E-state index in [0.29, 0.717) is 13.2 Å². The molecule has 162 valence electrons. The van der Waals surface area contributed by atoms with E-state index in [1.165, 1.54) is 0 Å². The number of piperidine rings is 1. The number of aryl methyl sites for hydroxylation is 2. The summed E-state index contributed by atoms with van der Waals surface area (Å²) in [7, 11) is 1.83. The summed E-state index contributed by atoms with van der Waals surface area (Å²) in [6.45, 7) is 3.99. The van der Waals surface area contributed by atoms with Gasteiger partial charge in [-0.25, -0.2) is 4.79 Å². The molecule has 1 N–H and O–H groups in total. The zero-order chi connectivity index (χ0) is 21.4. The van der Waals surface area contributed by atoms with Crippen LogP contribution in [0.3, 0.4) is 0 Å². The molecule has 0 atom stereocenters. The monoisotopic (exact) mass is 419 g/mol. The minimum Gasteiger partial charge on any atom is -0.339 e. The molecule has 31 heavy (non-hydrogen) atoms. The second-order valence-corrected chi connectivity index (χ2v) is 8.64. The van der Waals surface area contributed by atoms with E-state index in [1.807, 2.05) is 54.1 Å². The zero-order valence-electron chi connectivity index (χ0n) is 18.0. The van der Waals surface area contributed by atoms with Crippen molar-refractivity contribution in [3.8, 4) is 0 Å². The fraction of sp³-hybridized carbons (Fsp3) is 0.417. The highest BCUT2D eigenvalue weighted by atomic mass is 16.2. The van der Waals surface area contributed by atoms with Crippen LogP contribution in [0, 0.1) is 0 Å². The topological polar surface area (TPSA) is 62.5 Å². The summed E-state index contributed by atoms with van der Waals surface area (Å²) < 4.78 is 3.60. The van der Waals surface area contributed by atoms with E-state index in [2.05, 4.69) is 27.2 Å². The second kappa shape index (κ2) is 7.89. The molecule has 0 unspecified atom stereocenters. The van der Waals surface area contributed by atoms with E-state index in [0.717, 1.165) is 55.6 Å². The lowest BCUT2D eigenvalue weighted by Gasteiger charge is -2.43. The Hall–Kier alpha value is -3.06. The molecule has 3 aromatic rings. The average Bonchev–Trinajstić information content (AvgIpc) is 3.25. The van der Waals surface area contributed by atoms with Gasteiger partial charge in [0.25, 0.3) is 0 Å². The minimum atomic E-state index is -0.440. The molecular weight excluding hydrogens is 390 g/mol. The fourth-order valence-electron chi connectivity index (χ4n) is 5.21. The first-order valence-electron chi connectivity index (χ1n) is 11.1. The molecule has 5 rings (SSSR count). The van der Waals surface area contributed by atoms with Gasteiger partial charge in [-0.05, 0) is 50.1 Å². The molecule has 0 saturated carbocycles. The van der Waals surface area contributed by atoms with Crippen molar-refractivity contribution in [3.05, 3.63) is 65.1 Å². The number of anilines is 1. The summed E-state index contributed by atoms with van der Waals surface area (Å²) in [5, 5.41) is 3.06. The molecule has 0 bridgehead atoms. The van der Waals surface area contributed by atoms with Crippen molar-refractivity contribution in [1.82, 2.24) is 19.4 Å². The quantitative estimate of drug-likeness (QED) is 0.689. The number of nitrogens with zero attached hydrogens (tertiary/aromatic N) is 4. The Morgan fingerprint density at radius 3 is 2.32 bits per heavy atom. The van der Waals surface area contributed by atoms with Crippen LogP contribution in [0.15, 0.2) is 59.4 Å². The average molecular weight is 420 g/mol. The Bertz CT molecular complexity index is 1140. The van der Waals surface area contributed by atoms with Crippen LogP contribution in [0.4, 0.5) is 5.69 Å². The first-order valence-corrected chi connectivity index (χ1v) is 11.1. The van der Waals surface area contributed by atoms with Gasteiger partial charge >= 0.3 is 5.69 Å². The minimum absolute atomic E-state index is 0.0416. The van der Waals surface area contributed by atoms with Crippen molar-refractivity contribution in [2.45, 2.75) is 31.3 Å². The molecule has 1 spiro atoms. The molecule has 0 aliphatic carbocycles. The van der Waals surface area contributed by atoms with Crippen LogP contribution >= 0.6 is 0 Å². The predicted molar refractivity (Wildman–Crippen MR) is 122 cm³/mol. The summed E-state index contributed by atoms with van der Waals surface area (Å²) in [4.78, 5) is 30.1. The number of carbonyl (C=O) groups excluding carboxylic acids is 1. The predicted octanol–water partition coefficient (Wildman–Crippen LogP) is 2.16. The van der Waals surface area contributed by atoms with E-state index in [4.69, 9.17) is 0 Å². The Labute approximate surface area is 181 Å². The third-order valence-electron chi connectivity index (χ3n) is 7.00. The van der Waals surface area contributed by atoms with Gasteiger partial charge in [0.2, 0.25) is 5.91 Å². The van der Waals surface area contributed by atoms with Crippen LogP contribution in [0.1, 0.15) is 19.3 Å². The number of hydrogen-bond acceptors (Lipinski definition) is 4. The number of fused-ring (bicyclic) bond motifs is 1. The largest absolute Gasteiger partial charge is 0.339 e. The van der Waals surface area contributed by atoms with E-state index in [-0.39, 0.29) is 11.6 Å². The van der Waals surface area contributed by atoms with E-state index in [9.17, 15) is 9.59 Å². The van der Waals surface area contributed by atoms with Gasteiger partial charge in [0, 0.05) is 32.4 Å². The standard InChI is InChI=1S/C24H29N5O2/c1-26-20-10-5-6-11-21(20)28(23(26)31)15-7-14-27-16-12-24(13-17-27)22(30)25-18-29(24)19-8-3-2-4-9-19/h2-6,8-11H,7,12-18H2,1H3,(H,25,30). The van der Waals surface area contributed by atoms with Gasteiger partial charge < -0.3 is 15.1 Å². The molecule has 7 heteroatoms. The van der Waals surface area contributed by atoms with Crippen LogP contribution in [-0.4, -0.2) is 51.8 Å². The van der Waals surface area contributed by atoms with Crippen molar-refractivity contribution in [3.63, 3.8) is 0 Å². The SMILES string of the molecule is Cn1c(=O)n(CCCN2CCC3(CC2)C(=O)NCN3c2ccccc2)c2ccccc21. The van der Waals surface area contributed by atoms with E-state index in [1.54, 1.807) is 4.57 Å². The molecule has 0 radical (unpaired) electrons. The van der Waals surface area contributed by atoms with Crippen LogP contribution in [0.5, 0.6) is 0 Å². The first kappa shape index (κ1) is 19.9. The van der Waals surface area contributed by atoms with Gasteiger partial charge in [-0.3, -0.25) is 13.9 Å². The second-order valence-electron chi connectivity index (χ2n) is 8.64. The third-order valence-corrected chi connectivity index (χ3v) is 7.00. The van der Waals surface area contributed by atoms with Crippen molar-refractivity contribution in [1.29, 1.82) is 0 Å². The number of hydrogen-bond donors (Lipinski definition) is 1. The number of carbonyl (C=O) groups is 1. The molecule has 2 aromatic carbocycles. The summed E-state index contributed by atoms with van der Waals surface area (Å²) in [6.07, 6.45) is 2.55. The summed E-state index contributed by atoms with van der Waals surface area (Å²) >= 11 is 0. The lowest BCUT2D eigenvalue weighted by molar-refractivity contribution is -0.125. The number of benzene rings is 2.